The summed E-state index contributed by atoms with van der Waals surface area (Å²) in [5.41, 5.74) is 1.04. The molecule has 98 valence electrons. The minimum Gasteiger partial charge on any atom is -0.245 e. The molecule has 0 saturated heterocycles. The van der Waals surface area contributed by atoms with E-state index in [0.717, 1.165) is 11.9 Å². The molecule has 0 aliphatic rings. The van der Waals surface area contributed by atoms with E-state index in [0.29, 0.717) is 5.01 Å². The molecule has 0 unspecified atom stereocenters. The van der Waals surface area contributed by atoms with Gasteiger partial charge in [0.2, 0.25) is 10.0 Å². The topological polar surface area (TPSA) is 95.7 Å². The molecule has 6 nitrogen and oxygen atoms in total. The summed E-state index contributed by atoms with van der Waals surface area (Å²) in [5.74, 6) is 0. The summed E-state index contributed by atoms with van der Waals surface area (Å²) in [6.45, 7) is 1.99. The van der Waals surface area contributed by atoms with Crippen molar-refractivity contribution in [1.29, 1.82) is 5.26 Å². The molecule has 0 aliphatic carbocycles. The molecule has 1 N–H and O–H groups in total. The largest absolute Gasteiger partial charge is 0.245 e. The van der Waals surface area contributed by atoms with Crippen LogP contribution in [0.5, 0.6) is 0 Å². The second kappa shape index (κ2) is 5.44. The highest BCUT2D eigenvalue weighted by Crippen LogP contribution is 2.11. The maximum Gasteiger partial charge on any atom is 0.242 e. The summed E-state index contributed by atoms with van der Waals surface area (Å²) in [4.78, 5) is 7.92. The summed E-state index contributed by atoms with van der Waals surface area (Å²) in [6, 6.07) is 4.54. The van der Waals surface area contributed by atoms with Crippen molar-refractivity contribution in [2.45, 2.75) is 18.4 Å². The van der Waals surface area contributed by atoms with Crippen LogP contribution in [-0.2, 0) is 16.6 Å². The van der Waals surface area contributed by atoms with Crippen molar-refractivity contribution in [2.75, 3.05) is 0 Å². The molecule has 0 radical (unpaired) electrons. The van der Waals surface area contributed by atoms with Gasteiger partial charge in [0.15, 0.2) is 0 Å². The third-order valence-electron chi connectivity index (χ3n) is 2.24. The molecule has 0 atom stereocenters. The monoisotopic (exact) mass is 294 g/mol. The van der Waals surface area contributed by atoms with Gasteiger partial charge in [-0.2, -0.15) is 5.26 Å². The first-order valence-corrected chi connectivity index (χ1v) is 7.64. The number of nitriles is 1. The lowest BCUT2D eigenvalue weighted by atomic mass is 10.4. The van der Waals surface area contributed by atoms with Gasteiger partial charge in [-0.25, -0.2) is 23.1 Å². The summed E-state index contributed by atoms with van der Waals surface area (Å²) in [5, 5.41) is 11.2. The highest BCUT2D eigenvalue weighted by molar-refractivity contribution is 7.89. The Morgan fingerprint density at radius 2 is 2.26 bits per heavy atom. The van der Waals surface area contributed by atoms with Crippen LogP contribution in [0.4, 0.5) is 0 Å². The van der Waals surface area contributed by atoms with E-state index in [1.807, 2.05) is 18.4 Å². The molecule has 2 aromatic heterocycles. The first kappa shape index (κ1) is 13.6. The molecule has 2 heterocycles. The highest BCUT2D eigenvalue weighted by atomic mass is 32.2. The molecule has 0 fully saturated rings. The van der Waals surface area contributed by atoms with Gasteiger partial charge in [-0.3, -0.25) is 0 Å². The van der Waals surface area contributed by atoms with Crippen molar-refractivity contribution in [3.05, 3.63) is 40.1 Å². The van der Waals surface area contributed by atoms with E-state index >= 15 is 0 Å². The van der Waals surface area contributed by atoms with Gasteiger partial charge >= 0.3 is 0 Å². The van der Waals surface area contributed by atoms with E-state index < -0.39 is 10.0 Å². The van der Waals surface area contributed by atoms with Crippen LogP contribution in [0.1, 0.15) is 16.4 Å². The number of hydrogen-bond acceptors (Lipinski definition) is 6. The molecule has 2 rings (SSSR count). The second-order valence-electron chi connectivity index (χ2n) is 3.70. The summed E-state index contributed by atoms with van der Waals surface area (Å²) >= 11 is 1.39. The van der Waals surface area contributed by atoms with Crippen molar-refractivity contribution >= 4 is 21.4 Å². The molecule has 0 saturated carbocycles. The van der Waals surface area contributed by atoms with Crippen LogP contribution in [0.2, 0.25) is 0 Å². The van der Waals surface area contributed by atoms with Crippen molar-refractivity contribution < 1.29 is 8.42 Å². The number of thiazole rings is 1. The van der Waals surface area contributed by atoms with Gasteiger partial charge in [0, 0.05) is 17.3 Å². The van der Waals surface area contributed by atoms with E-state index in [1.54, 1.807) is 0 Å². The zero-order valence-electron chi connectivity index (χ0n) is 9.99. The molecule has 0 aliphatic heterocycles. The zero-order chi connectivity index (χ0) is 13.9. The predicted octanol–water partition coefficient (Wildman–Crippen LogP) is 1.20. The molecule has 19 heavy (non-hydrogen) atoms. The van der Waals surface area contributed by atoms with Gasteiger partial charge in [0.25, 0.3) is 0 Å². The fourth-order valence-corrected chi connectivity index (χ4v) is 3.06. The minimum atomic E-state index is -3.63. The maximum absolute atomic E-state index is 12.0. The van der Waals surface area contributed by atoms with E-state index in [-0.39, 0.29) is 17.1 Å². The molecule has 0 aromatic carbocycles. The normalized spacial score (nSPS) is 11.2. The van der Waals surface area contributed by atoms with Gasteiger partial charge < -0.3 is 0 Å². The fourth-order valence-electron chi connectivity index (χ4n) is 1.33. The lowest BCUT2D eigenvalue weighted by Gasteiger charge is -2.04. The Hall–Kier alpha value is -1.82. The van der Waals surface area contributed by atoms with Gasteiger partial charge in [0.05, 0.1) is 6.54 Å². The molecule has 0 spiro atoms. The Morgan fingerprint density at radius 1 is 1.47 bits per heavy atom. The maximum atomic E-state index is 12.0. The van der Waals surface area contributed by atoms with Crippen LogP contribution < -0.4 is 4.72 Å². The van der Waals surface area contributed by atoms with Crippen LogP contribution in [0.15, 0.2) is 28.6 Å². The number of rotatable bonds is 4. The predicted molar refractivity (Wildman–Crippen MR) is 69.8 cm³/mol. The molecule has 0 bridgehead atoms. The second-order valence-corrected chi connectivity index (χ2v) is 6.41. The van der Waals surface area contributed by atoms with E-state index in [2.05, 4.69) is 14.7 Å². The third kappa shape index (κ3) is 3.35. The van der Waals surface area contributed by atoms with E-state index in [9.17, 15) is 8.42 Å². The number of hydrogen-bond donors (Lipinski definition) is 1. The average Bonchev–Trinajstić information content (AvgIpc) is 2.82. The number of aromatic nitrogens is 2. The number of sulfonamides is 1. The van der Waals surface area contributed by atoms with Gasteiger partial charge in [-0.1, -0.05) is 0 Å². The Bertz CT molecular complexity index is 714. The average molecular weight is 294 g/mol. The number of nitrogens with one attached hydrogen (secondary N) is 1. The Morgan fingerprint density at radius 3 is 2.79 bits per heavy atom. The molecular formula is C11H10N4O2S2. The van der Waals surface area contributed by atoms with Crippen molar-refractivity contribution in [1.82, 2.24) is 14.7 Å². The lowest BCUT2D eigenvalue weighted by molar-refractivity contribution is 0.580. The smallest absolute Gasteiger partial charge is 0.242 e. The van der Waals surface area contributed by atoms with Crippen LogP contribution in [0, 0.1) is 18.3 Å². The first-order chi connectivity index (χ1) is 9.01. The Labute approximate surface area is 114 Å². The molecule has 8 heteroatoms. The summed E-state index contributed by atoms with van der Waals surface area (Å²) in [7, 11) is -3.63. The quantitative estimate of drug-likeness (QED) is 0.914. The van der Waals surface area contributed by atoms with Gasteiger partial charge in [-0.15, -0.1) is 11.3 Å². The first-order valence-electron chi connectivity index (χ1n) is 5.28. The summed E-state index contributed by atoms with van der Waals surface area (Å²) in [6.07, 6.45) is 1.16. The van der Waals surface area contributed by atoms with Crippen LogP contribution >= 0.6 is 11.3 Å². The number of nitrogens with zero attached hydrogens (tertiary/aromatic N) is 3. The standard InChI is InChI=1S/C11H10N4O2S2/c1-8-7-18-11(15-8)6-14-19(16,17)10-3-2-9(4-12)13-5-10/h2-3,5,7,14H,6H2,1H3. The Kier molecular flexibility index (Phi) is 3.90. The van der Waals surface area contributed by atoms with E-state index in [1.165, 1.54) is 23.5 Å². The van der Waals surface area contributed by atoms with E-state index in [4.69, 9.17) is 5.26 Å². The summed E-state index contributed by atoms with van der Waals surface area (Å²) < 4.78 is 26.3. The van der Waals surface area contributed by atoms with Crippen LogP contribution in [0.25, 0.3) is 0 Å². The minimum absolute atomic E-state index is 0.0276. The van der Waals surface area contributed by atoms with Gasteiger partial charge in [-0.05, 0) is 19.1 Å². The molecule has 0 amide bonds. The molecular weight excluding hydrogens is 284 g/mol. The third-order valence-corrected chi connectivity index (χ3v) is 4.59. The lowest BCUT2D eigenvalue weighted by Crippen LogP contribution is -2.23. The van der Waals surface area contributed by atoms with Crippen molar-refractivity contribution in [2.24, 2.45) is 0 Å². The van der Waals surface area contributed by atoms with Crippen LogP contribution in [-0.4, -0.2) is 18.4 Å². The van der Waals surface area contributed by atoms with Crippen molar-refractivity contribution in [3.63, 3.8) is 0 Å². The zero-order valence-corrected chi connectivity index (χ0v) is 11.6. The molecule has 2 aromatic rings. The SMILES string of the molecule is Cc1csc(CNS(=O)(=O)c2ccc(C#N)nc2)n1. The number of aryl methyl sites for hydroxylation is 1. The van der Waals surface area contributed by atoms with Gasteiger partial charge in [0.1, 0.15) is 21.7 Å². The van der Waals surface area contributed by atoms with Crippen LogP contribution in [0.3, 0.4) is 0 Å². The fraction of sp³-hybridized carbons (Fsp3) is 0.182. The van der Waals surface area contributed by atoms with Crippen molar-refractivity contribution in [3.8, 4) is 6.07 Å². The highest BCUT2D eigenvalue weighted by Gasteiger charge is 2.14. The number of pyridine rings is 1. The Balaban J connectivity index is 2.11.